The zero-order valence-electron chi connectivity index (χ0n) is 24.9. The van der Waals surface area contributed by atoms with Crippen molar-refractivity contribution in [1.29, 1.82) is 0 Å². The molecule has 1 N–H and O–H groups in total. The maximum atomic E-state index is 10.9. The van der Waals surface area contributed by atoms with E-state index in [9.17, 15) is 4.79 Å². The Morgan fingerprint density at radius 2 is 1.70 bits per heavy atom. The highest BCUT2D eigenvalue weighted by molar-refractivity contribution is 5.91. The molecule has 4 aromatic rings. The number of aliphatic carboxylic acids is 1. The van der Waals surface area contributed by atoms with Gasteiger partial charge in [0.05, 0.1) is 12.4 Å². The summed E-state index contributed by atoms with van der Waals surface area (Å²) in [6.45, 7) is 3.71. The first kappa shape index (κ1) is 29.1. The number of carboxylic acid groups (broad SMARTS) is 1. The van der Waals surface area contributed by atoms with Gasteiger partial charge in [-0.1, -0.05) is 72.8 Å². The summed E-state index contributed by atoms with van der Waals surface area (Å²) < 4.78 is 20.1. The summed E-state index contributed by atoms with van der Waals surface area (Å²) in [5, 5.41) is 10.1. The van der Waals surface area contributed by atoms with Crippen LogP contribution >= 0.6 is 0 Å². The molecule has 1 atom stereocenters. The highest BCUT2D eigenvalue weighted by Crippen LogP contribution is 2.37. The van der Waals surface area contributed by atoms with E-state index in [1.54, 1.807) is 0 Å². The van der Waals surface area contributed by atoms with E-state index in [1.807, 2.05) is 48.5 Å². The fraction of sp³-hybridized carbons (Fsp3) is 0.237. The number of aromatic nitrogens is 1. The molecule has 0 bridgehead atoms. The molecule has 0 amide bonds. The Labute approximate surface area is 258 Å². The number of hydrogen-bond acceptors (Lipinski definition) is 4. The summed E-state index contributed by atoms with van der Waals surface area (Å²) in [6, 6.07) is 24.2. The van der Waals surface area contributed by atoms with Crippen LogP contribution in [0.2, 0.25) is 0 Å². The van der Waals surface area contributed by atoms with Crippen LogP contribution in [-0.4, -0.2) is 28.9 Å². The molecule has 0 spiro atoms. The average Bonchev–Trinajstić information content (AvgIpc) is 3.33. The molecule has 44 heavy (non-hydrogen) atoms. The zero-order valence-corrected chi connectivity index (χ0v) is 24.9. The first-order chi connectivity index (χ1) is 21.5. The van der Waals surface area contributed by atoms with Crippen LogP contribution in [0.3, 0.4) is 0 Å². The van der Waals surface area contributed by atoms with E-state index >= 15 is 0 Å². The minimum Gasteiger partial charge on any atom is -0.497 e. The Bertz CT molecular complexity index is 1740. The fourth-order valence-corrected chi connectivity index (χ4v) is 5.83. The van der Waals surface area contributed by atoms with E-state index in [-0.39, 0.29) is 6.61 Å². The second-order valence-electron chi connectivity index (χ2n) is 11.3. The lowest BCUT2D eigenvalue weighted by Crippen LogP contribution is -2.10. The first-order valence-corrected chi connectivity index (χ1v) is 15.1. The van der Waals surface area contributed by atoms with Crippen LogP contribution in [0, 0.1) is 12.8 Å². The predicted octanol–water partition coefficient (Wildman–Crippen LogP) is 8.25. The van der Waals surface area contributed by atoms with Crippen LogP contribution < -0.4 is 9.47 Å². The third kappa shape index (κ3) is 6.97. The van der Waals surface area contributed by atoms with Crippen molar-refractivity contribution in [2.24, 2.45) is 5.92 Å². The molecular weight excluding hydrogens is 550 g/mol. The van der Waals surface area contributed by atoms with E-state index in [0.29, 0.717) is 31.4 Å². The number of rotatable bonds is 12. The van der Waals surface area contributed by atoms with Crippen LogP contribution in [0.1, 0.15) is 41.6 Å². The molecule has 0 saturated heterocycles. The van der Waals surface area contributed by atoms with Gasteiger partial charge in [-0.05, 0) is 78.4 Å². The lowest BCUT2D eigenvalue weighted by atomic mass is 9.97. The van der Waals surface area contributed by atoms with Gasteiger partial charge in [0, 0.05) is 35.5 Å². The van der Waals surface area contributed by atoms with Crippen molar-refractivity contribution in [2.75, 3.05) is 13.2 Å². The molecule has 6 rings (SSSR count). The SMILES string of the molecule is Cc1c(C2=CC=C(OCC3C=CC=CC3)CC2)n(Cc2ccc(OCC(=O)O)cc2)c2ccc(OCc3ccccc3)cc12. The standard InChI is InChI=1S/C38H37NO5/c1-27-35-22-34(43-25-30-10-6-3-7-11-30)20-21-36(35)39(23-28-12-16-32(17-13-28)44-26-37(40)41)38(27)31-14-18-33(19-15-31)42-24-29-8-4-2-5-9-29/h2-8,10-14,16-18,20-22,29H,9,15,19,23-26H2,1H3,(H,40,41). The summed E-state index contributed by atoms with van der Waals surface area (Å²) in [4.78, 5) is 10.9. The van der Waals surface area contributed by atoms with Gasteiger partial charge < -0.3 is 23.9 Å². The molecule has 2 aliphatic carbocycles. The highest BCUT2D eigenvalue weighted by Gasteiger charge is 2.21. The minimum atomic E-state index is -0.994. The van der Waals surface area contributed by atoms with E-state index in [1.165, 1.54) is 16.8 Å². The van der Waals surface area contributed by atoms with Crippen molar-refractivity contribution >= 4 is 22.4 Å². The Kier molecular flexibility index (Phi) is 8.97. The van der Waals surface area contributed by atoms with Crippen LogP contribution in [0.5, 0.6) is 11.5 Å². The number of nitrogens with zero attached hydrogens (tertiary/aromatic N) is 1. The fourth-order valence-electron chi connectivity index (χ4n) is 5.83. The Hall–Kier alpha value is -4.97. The van der Waals surface area contributed by atoms with Crippen LogP contribution in [0.15, 0.2) is 115 Å². The largest absolute Gasteiger partial charge is 0.497 e. The maximum Gasteiger partial charge on any atom is 0.341 e. The second kappa shape index (κ2) is 13.6. The van der Waals surface area contributed by atoms with Gasteiger partial charge in [0.15, 0.2) is 6.61 Å². The number of carboxylic acids is 1. The van der Waals surface area contributed by atoms with Crippen LogP contribution in [0.4, 0.5) is 0 Å². The van der Waals surface area contributed by atoms with Crippen molar-refractivity contribution in [3.63, 3.8) is 0 Å². The molecule has 1 heterocycles. The monoisotopic (exact) mass is 587 g/mol. The lowest BCUT2D eigenvalue weighted by Gasteiger charge is -2.21. The highest BCUT2D eigenvalue weighted by atomic mass is 16.5. The Morgan fingerprint density at radius 1 is 0.886 bits per heavy atom. The molecule has 3 aromatic carbocycles. The van der Waals surface area contributed by atoms with Gasteiger partial charge in [0.2, 0.25) is 0 Å². The average molecular weight is 588 g/mol. The molecule has 0 saturated carbocycles. The first-order valence-electron chi connectivity index (χ1n) is 15.1. The summed E-state index contributed by atoms with van der Waals surface area (Å²) in [5.74, 6) is 1.85. The van der Waals surface area contributed by atoms with Crippen molar-refractivity contribution in [1.82, 2.24) is 4.57 Å². The maximum absolute atomic E-state index is 10.9. The van der Waals surface area contributed by atoms with Gasteiger partial charge in [0.1, 0.15) is 18.1 Å². The molecule has 0 fully saturated rings. The van der Waals surface area contributed by atoms with Gasteiger partial charge in [-0.3, -0.25) is 0 Å². The Morgan fingerprint density at radius 3 is 2.43 bits per heavy atom. The van der Waals surface area contributed by atoms with Crippen molar-refractivity contribution in [2.45, 2.75) is 39.3 Å². The summed E-state index contributed by atoms with van der Waals surface area (Å²) in [6.07, 6.45) is 15.7. The van der Waals surface area contributed by atoms with Gasteiger partial charge in [0.25, 0.3) is 0 Å². The number of fused-ring (bicyclic) bond motifs is 1. The van der Waals surface area contributed by atoms with Gasteiger partial charge in [-0.15, -0.1) is 0 Å². The Balaban J connectivity index is 1.29. The van der Waals surface area contributed by atoms with Crippen molar-refractivity contribution in [3.05, 3.63) is 137 Å². The topological polar surface area (TPSA) is 69.9 Å². The predicted molar refractivity (Wildman–Crippen MR) is 174 cm³/mol. The van der Waals surface area contributed by atoms with Gasteiger partial charge >= 0.3 is 5.97 Å². The number of benzene rings is 3. The van der Waals surface area contributed by atoms with E-state index in [2.05, 4.69) is 72.2 Å². The molecular formula is C38H37NO5. The normalized spacial score (nSPS) is 16.0. The molecule has 6 heteroatoms. The molecule has 2 aliphatic rings. The van der Waals surface area contributed by atoms with Crippen molar-refractivity contribution in [3.8, 4) is 11.5 Å². The molecule has 1 aromatic heterocycles. The molecule has 0 radical (unpaired) electrons. The van der Waals surface area contributed by atoms with Crippen LogP contribution in [0.25, 0.3) is 16.5 Å². The van der Waals surface area contributed by atoms with E-state index in [4.69, 9.17) is 19.3 Å². The zero-order chi connectivity index (χ0) is 30.3. The summed E-state index contributed by atoms with van der Waals surface area (Å²) >= 11 is 0. The third-order valence-corrected chi connectivity index (χ3v) is 8.13. The van der Waals surface area contributed by atoms with Crippen molar-refractivity contribution < 1.29 is 24.1 Å². The van der Waals surface area contributed by atoms with Gasteiger partial charge in [-0.25, -0.2) is 4.79 Å². The molecule has 6 nitrogen and oxygen atoms in total. The third-order valence-electron chi connectivity index (χ3n) is 8.13. The number of carbonyl (C=O) groups is 1. The second-order valence-corrected chi connectivity index (χ2v) is 11.3. The van der Waals surface area contributed by atoms with Gasteiger partial charge in [-0.2, -0.15) is 0 Å². The smallest absolute Gasteiger partial charge is 0.341 e. The summed E-state index contributed by atoms with van der Waals surface area (Å²) in [5.41, 5.74) is 7.07. The quantitative estimate of drug-likeness (QED) is 0.181. The number of allylic oxidation sites excluding steroid dienone is 7. The molecule has 1 unspecified atom stereocenters. The lowest BCUT2D eigenvalue weighted by molar-refractivity contribution is -0.139. The van der Waals surface area contributed by atoms with E-state index in [0.717, 1.165) is 52.8 Å². The number of aryl methyl sites for hydroxylation is 1. The molecule has 0 aliphatic heterocycles. The minimum absolute atomic E-state index is 0.360. The molecule has 224 valence electrons. The number of ether oxygens (including phenoxy) is 3. The van der Waals surface area contributed by atoms with Crippen LogP contribution in [-0.2, 0) is 22.7 Å². The van der Waals surface area contributed by atoms with E-state index < -0.39 is 5.97 Å². The number of hydrogen-bond donors (Lipinski definition) is 1. The summed E-state index contributed by atoms with van der Waals surface area (Å²) in [7, 11) is 0.